The summed E-state index contributed by atoms with van der Waals surface area (Å²) in [5.41, 5.74) is 1.38. The van der Waals surface area contributed by atoms with E-state index in [1.807, 2.05) is 12.1 Å². The number of nitrogens with one attached hydrogen (secondary N) is 1. The molecule has 1 aromatic carbocycles. The monoisotopic (exact) mass is 308 g/mol. The minimum Gasteiger partial charge on any atom is -0.313 e. The highest BCUT2D eigenvalue weighted by Gasteiger charge is 2.25. The average molecular weight is 309 g/mol. The number of halogens is 1. The third-order valence-electron chi connectivity index (χ3n) is 4.55. The fraction of sp³-hybridized carbons (Fsp3) is 0.667. The zero-order valence-electron chi connectivity index (χ0n) is 13.6. The molecule has 1 heterocycles. The van der Waals surface area contributed by atoms with Gasteiger partial charge in [-0.3, -0.25) is 4.90 Å². The van der Waals surface area contributed by atoms with Crippen molar-refractivity contribution in [3.63, 3.8) is 0 Å². The van der Waals surface area contributed by atoms with Crippen molar-refractivity contribution in [3.05, 3.63) is 34.9 Å². The van der Waals surface area contributed by atoms with Crippen LogP contribution in [0.3, 0.4) is 0 Å². The normalized spacial score (nSPS) is 21.0. The molecule has 0 aromatic heterocycles. The average Bonchev–Trinajstić information content (AvgIpc) is 2.49. The van der Waals surface area contributed by atoms with E-state index in [1.165, 1.54) is 31.4 Å². The molecule has 2 atom stereocenters. The number of hydrogen-bond acceptors (Lipinski definition) is 2. The molecule has 0 bridgehead atoms. The van der Waals surface area contributed by atoms with Crippen LogP contribution in [0.15, 0.2) is 24.3 Å². The molecule has 1 aliphatic heterocycles. The summed E-state index contributed by atoms with van der Waals surface area (Å²) in [5, 5.41) is 4.50. The van der Waals surface area contributed by atoms with Gasteiger partial charge in [0, 0.05) is 29.7 Å². The van der Waals surface area contributed by atoms with E-state index >= 15 is 0 Å². The molecule has 0 amide bonds. The van der Waals surface area contributed by atoms with E-state index in [9.17, 15) is 0 Å². The van der Waals surface area contributed by atoms with E-state index < -0.39 is 0 Å². The molecule has 2 rings (SSSR count). The van der Waals surface area contributed by atoms with Gasteiger partial charge < -0.3 is 5.32 Å². The molecule has 118 valence electrons. The van der Waals surface area contributed by atoms with Crippen LogP contribution in [0.4, 0.5) is 0 Å². The second kappa shape index (κ2) is 8.17. The van der Waals surface area contributed by atoms with E-state index in [-0.39, 0.29) is 0 Å². The number of hydrogen-bond donors (Lipinski definition) is 1. The minimum atomic E-state index is 0.478. The summed E-state index contributed by atoms with van der Waals surface area (Å²) in [6, 6.07) is 10.1. The predicted octanol–water partition coefficient (Wildman–Crippen LogP) is 4.64. The second-order valence-corrected chi connectivity index (χ2v) is 6.85. The lowest BCUT2D eigenvalue weighted by Gasteiger charge is -2.38. The summed E-state index contributed by atoms with van der Waals surface area (Å²) in [6.45, 7) is 9.21. The Balaban J connectivity index is 2.11. The Bertz CT molecular complexity index is 410. The molecule has 2 unspecified atom stereocenters. The first kappa shape index (κ1) is 16.8. The highest BCUT2D eigenvalue weighted by molar-refractivity contribution is 6.30. The lowest BCUT2D eigenvalue weighted by atomic mass is 9.98. The zero-order chi connectivity index (χ0) is 15.2. The molecule has 21 heavy (non-hydrogen) atoms. The zero-order valence-corrected chi connectivity index (χ0v) is 14.4. The summed E-state index contributed by atoms with van der Waals surface area (Å²) < 4.78 is 0. The topological polar surface area (TPSA) is 15.3 Å². The fourth-order valence-electron chi connectivity index (χ4n) is 3.38. The summed E-state index contributed by atoms with van der Waals surface area (Å²) in [7, 11) is 0. The van der Waals surface area contributed by atoms with Gasteiger partial charge in [0.1, 0.15) is 0 Å². The summed E-state index contributed by atoms with van der Waals surface area (Å²) in [5.74, 6) is 0. The van der Waals surface area contributed by atoms with E-state index in [2.05, 4.69) is 43.1 Å². The Morgan fingerprint density at radius 1 is 1.24 bits per heavy atom. The van der Waals surface area contributed by atoms with Gasteiger partial charge in [-0.25, -0.2) is 0 Å². The van der Waals surface area contributed by atoms with Crippen LogP contribution >= 0.6 is 11.6 Å². The highest BCUT2D eigenvalue weighted by atomic mass is 35.5. The molecule has 1 fully saturated rings. The molecule has 0 aliphatic carbocycles. The highest BCUT2D eigenvalue weighted by Crippen LogP contribution is 2.28. The van der Waals surface area contributed by atoms with Gasteiger partial charge in [0.2, 0.25) is 0 Å². The van der Waals surface area contributed by atoms with Gasteiger partial charge in [0.05, 0.1) is 0 Å². The SMILES string of the molecule is CCC(c1ccc(Cl)cc1)N(CC1CCCCN1)C(C)C. The van der Waals surface area contributed by atoms with E-state index in [1.54, 1.807) is 0 Å². The predicted molar refractivity (Wildman–Crippen MR) is 92.0 cm³/mol. The van der Waals surface area contributed by atoms with Crippen LogP contribution in [0, 0.1) is 0 Å². The molecule has 1 saturated heterocycles. The molecule has 2 nitrogen and oxygen atoms in total. The van der Waals surface area contributed by atoms with Crippen molar-refractivity contribution in [2.75, 3.05) is 13.1 Å². The number of piperidine rings is 1. The first-order chi connectivity index (χ1) is 10.1. The smallest absolute Gasteiger partial charge is 0.0406 e. The Labute approximate surface area is 134 Å². The van der Waals surface area contributed by atoms with Crippen LogP contribution < -0.4 is 5.32 Å². The molecular formula is C18H29ClN2. The van der Waals surface area contributed by atoms with E-state index in [0.29, 0.717) is 18.1 Å². The van der Waals surface area contributed by atoms with Gasteiger partial charge in [-0.05, 0) is 57.4 Å². The van der Waals surface area contributed by atoms with Crippen molar-refractivity contribution in [3.8, 4) is 0 Å². The van der Waals surface area contributed by atoms with Crippen LogP contribution in [0.2, 0.25) is 5.02 Å². The van der Waals surface area contributed by atoms with Gasteiger partial charge in [0.15, 0.2) is 0 Å². The van der Waals surface area contributed by atoms with Gasteiger partial charge in [-0.2, -0.15) is 0 Å². The molecule has 1 N–H and O–H groups in total. The standard InChI is InChI=1S/C18H29ClN2/c1-4-18(15-8-10-16(19)11-9-15)21(14(2)3)13-17-7-5-6-12-20-17/h8-11,14,17-18,20H,4-7,12-13H2,1-3H3. The summed E-state index contributed by atoms with van der Waals surface area (Å²) >= 11 is 6.03. The molecule has 0 spiro atoms. The summed E-state index contributed by atoms with van der Waals surface area (Å²) in [6.07, 6.45) is 5.13. The van der Waals surface area contributed by atoms with Crippen molar-refractivity contribution >= 4 is 11.6 Å². The number of nitrogens with zero attached hydrogens (tertiary/aromatic N) is 1. The third kappa shape index (κ3) is 4.70. The lowest BCUT2D eigenvalue weighted by molar-refractivity contribution is 0.125. The van der Waals surface area contributed by atoms with Crippen molar-refractivity contribution in [2.45, 2.75) is 64.6 Å². The van der Waals surface area contributed by atoms with Crippen molar-refractivity contribution in [2.24, 2.45) is 0 Å². The molecule has 3 heteroatoms. The first-order valence-corrected chi connectivity index (χ1v) is 8.74. The molecule has 0 saturated carbocycles. The van der Waals surface area contributed by atoms with Gasteiger partial charge in [0.25, 0.3) is 0 Å². The quantitative estimate of drug-likeness (QED) is 0.823. The minimum absolute atomic E-state index is 0.478. The Kier molecular flexibility index (Phi) is 6.53. The van der Waals surface area contributed by atoms with Crippen LogP contribution in [0.1, 0.15) is 58.1 Å². The van der Waals surface area contributed by atoms with Gasteiger partial charge >= 0.3 is 0 Å². The fourth-order valence-corrected chi connectivity index (χ4v) is 3.50. The van der Waals surface area contributed by atoms with Crippen molar-refractivity contribution in [1.29, 1.82) is 0 Å². The third-order valence-corrected chi connectivity index (χ3v) is 4.80. The van der Waals surface area contributed by atoms with Crippen molar-refractivity contribution in [1.82, 2.24) is 10.2 Å². The summed E-state index contributed by atoms with van der Waals surface area (Å²) in [4.78, 5) is 2.65. The van der Waals surface area contributed by atoms with Crippen LogP contribution in [-0.2, 0) is 0 Å². The Hall–Kier alpha value is -0.570. The van der Waals surface area contributed by atoms with Gasteiger partial charge in [-0.1, -0.05) is 37.1 Å². The Morgan fingerprint density at radius 2 is 1.95 bits per heavy atom. The molecule has 1 aliphatic rings. The maximum absolute atomic E-state index is 6.03. The van der Waals surface area contributed by atoms with E-state index in [0.717, 1.165) is 18.0 Å². The number of rotatable bonds is 6. The Morgan fingerprint density at radius 3 is 2.48 bits per heavy atom. The maximum Gasteiger partial charge on any atom is 0.0406 e. The molecule has 0 radical (unpaired) electrons. The second-order valence-electron chi connectivity index (χ2n) is 6.41. The molecular weight excluding hydrogens is 280 g/mol. The number of benzene rings is 1. The van der Waals surface area contributed by atoms with E-state index in [4.69, 9.17) is 11.6 Å². The van der Waals surface area contributed by atoms with Crippen LogP contribution in [0.5, 0.6) is 0 Å². The molecule has 1 aromatic rings. The van der Waals surface area contributed by atoms with Crippen molar-refractivity contribution < 1.29 is 0 Å². The maximum atomic E-state index is 6.03. The first-order valence-electron chi connectivity index (χ1n) is 8.36. The van der Waals surface area contributed by atoms with Crippen LogP contribution in [-0.4, -0.2) is 30.1 Å². The largest absolute Gasteiger partial charge is 0.313 e. The van der Waals surface area contributed by atoms with Crippen LogP contribution in [0.25, 0.3) is 0 Å². The van der Waals surface area contributed by atoms with Gasteiger partial charge in [-0.15, -0.1) is 0 Å². The lowest BCUT2D eigenvalue weighted by Crippen LogP contribution is -2.47.